The monoisotopic (exact) mass is 394 g/mol. The van der Waals surface area contributed by atoms with E-state index < -0.39 is 0 Å². The van der Waals surface area contributed by atoms with Crippen LogP contribution in [0, 0.1) is 0 Å². The Hall–Kier alpha value is -2.24. The van der Waals surface area contributed by atoms with Crippen molar-refractivity contribution in [2.75, 3.05) is 20.2 Å². The Labute approximate surface area is 162 Å². The van der Waals surface area contributed by atoms with E-state index in [4.69, 9.17) is 27.9 Å². The van der Waals surface area contributed by atoms with Crippen molar-refractivity contribution in [2.24, 2.45) is 0 Å². The lowest BCUT2D eigenvalue weighted by atomic mass is 10.2. The van der Waals surface area contributed by atoms with E-state index in [-0.39, 0.29) is 11.8 Å². The topological polar surface area (TPSA) is 58.6 Å². The van der Waals surface area contributed by atoms with Gasteiger partial charge in [0.05, 0.1) is 17.2 Å². The first-order chi connectivity index (χ1) is 12.4. The number of carbonyl (C=O) groups is 2. The van der Waals surface area contributed by atoms with Crippen LogP contribution in [0.2, 0.25) is 10.0 Å². The number of benzene rings is 2. The van der Waals surface area contributed by atoms with Crippen molar-refractivity contribution in [3.05, 3.63) is 63.6 Å². The van der Waals surface area contributed by atoms with Gasteiger partial charge in [-0.2, -0.15) is 0 Å². The van der Waals surface area contributed by atoms with Gasteiger partial charge >= 0.3 is 0 Å². The molecule has 2 rings (SSSR count). The fourth-order valence-electron chi connectivity index (χ4n) is 2.43. The van der Waals surface area contributed by atoms with Crippen LogP contribution < -0.4 is 10.1 Å². The minimum absolute atomic E-state index is 0.0836. The maximum absolute atomic E-state index is 12.2. The zero-order valence-corrected chi connectivity index (χ0v) is 16.1. The maximum Gasteiger partial charge on any atom is 0.251 e. The minimum atomic E-state index is -0.274. The molecule has 0 aliphatic heterocycles. The first-order valence-electron chi connectivity index (χ1n) is 8.03. The SMILES string of the molecule is COc1ccccc1CN(CCNC(=O)c1ccc(Cl)c(Cl)c1)C(C)=O. The van der Waals surface area contributed by atoms with Gasteiger partial charge in [0.2, 0.25) is 5.91 Å². The number of hydrogen-bond donors (Lipinski definition) is 1. The van der Waals surface area contributed by atoms with E-state index in [9.17, 15) is 9.59 Å². The van der Waals surface area contributed by atoms with Crippen LogP contribution in [0.15, 0.2) is 42.5 Å². The second kappa shape index (κ2) is 9.46. The third kappa shape index (κ3) is 5.38. The zero-order chi connectivity index (χ0) is 19.1. The molecule has 138 valence electrons. The fraction of sp³-hybridized carbons (Fsp3) is 0.263. The average Bonchev–Trinajstić information content (AvgIpc) is 2.63. The van der Waals surface area contributed by atoms with E-state index in [1.165, 1.54) is 13.0 Å². The highest BCUT2D eigenvalue weighted by molar-refractivity contribution is 6.42. The van der Waals surface area contributed by atoms with Gasteiger partial charge in [-0.3, -0.25) is 9.59 Å². The summed E-state index contributed by atoms with van der Waals surface area (Å²) < 4.78 is 5.32. The first kappa shape index (κ1) is 20.1. The number of nitrogens with zero attached hydrogens (tertiary/aromatic N) is 1. The minimum Gasteiger partial charge on any atom is -0.496 e. The molecule has 0 aliphatic carbocycles. The molecule has 0 bridgehead atoms. The van der Waals surface area contributed by atoms with Crippen molar-refractivity contribution >= 4 is 35.0 Å². The normalized spacial score (nSPS) is 10.3. The Morgan fingerprint density at radius 2 is 1.85 bits per heavy atom. The van der Waals surface area contributed by atoms with E-state index in [1.54, 1.807) is 24.1 Å². The van der Waals surface area contributed by atoms with E-state index in [0.29, 0.717) is 35.2 Å². The summed E-state index contributed by atoms with van der Waals surface area (Å²) in [7, 11) is 1.59. The average molecular weight is 395 g/mol. The van der Waals surface area contributed by atoms with E-state index >= 15 is 0 Å². The van der Waals surface area contributed by atoms with Gasteiger partial charge in [0.1, 0.15) is 5.75 Å². The quantitative estimate of drug-likeness (QED) is 0.776. The second-order valence-electron chi connectivity index (χ2n) is 5.64. The molecule has 26 heavy (non-hydrogen) atoms. The number of carbonyl (C=O) groups excluding carboxylic acids is 2. The van der Waals surface area contributed by atoms with Crippen molar-refractivity contribution < 1.29 is 14.3 Å². The molecule has 0 radical (unpaired) electrons. The van der Waals surface area contributed by atoms with Gasteiger partial charge in [0.15, 0.2) is 0 Å². The third-order valence-corrected chi connectivity index (χ3v) is 4.59. The summed E-state index contributed by atoms with van der Waals surface area (Å²) >= 11 is 11.8. The molecule has 0 unspecified atom stereocenters. The van der Waals surface area contributed by atoms with Crippen molar-refractivity contribution in [2.45, 2.75) is 13.5 Å². The summed E-state index contributed by atoms with van der Waals surface area (Å²) in [5.41, 5.74) is 1.32. The summed E-state index contributed by atoms with van der Waals surface area (Å²) in [6.45, 7) is 2.59. The van der Waals surface area contributed by atoms with Crippen molar-refractivity contribution in [3.8, 4) is 5.75 Å². The number of amides is 2. The molecular formula is C19H20Cl2N2O3. The molecule has 0 spiro atoms. The largest absolute Gasteiger partial charge is 0.496 e. The highest BCUT2D eigenvalue weighted by Crippen LogP contribution is 2.22. The second-order valence-corrected chi connectivity index (χ2v) is 6.45. The first-order valence-corrected chi connectivity index (χ1v) is 8.78. The Bertz CT molecular complexity index is 796. The molecule has 0 atom stereocenters. The van der Waals surface area contributed by atoms with Crippen molar-refractivity contribution in [3.63, 3.8) is 0 Å². The molecule has 7 heteroatoms. The van der Waals surface area contributed by atoms with Gasteiger partial charge in [-0.1, -0.05) is 41.4 Å². The molecule has 0 aromatic heterocycles. The molecule has 0 heterocycles. The number of ether oxygens (including phenoxy) is 1. The van der Waals surface area contributed by atoms with Crippen LogP contribution >= 0.6 is 23.2 Å². The fourth-order valence-corrected chi connectivity index (χ4v) is 2.73. The number of para-hydroxylation sites is 1. The van der Waals surface area contributed by atoms with Gasteiger partial charge in [0.25, 0.3) is 5.91 Å². The Kier molecular flexibility index (Phi) is 7.30. The van der Waals surface area contributed by atoms with E-state index in [2.05, 4.69) is 5.32 Å². The smallest absolute Gasteiger partial charge is 0.251 e. The molecular weight excluding hydrogens is 375 g/mol. The Balaban J connectivity index is 1.95. The maximum atomic E-state index is 12.2. The van der Waals surface area contributed by atoms with Crippen LogP contribution in [0.3, 0.4) is 0 Å². The summed E-state index contributed by atoms with van der Waals surface area (Å²) in [5, 5.41) is 3.49. The third-order valence-electron chi connectivity index (χ3n) is 3.85. The number of rotatable bonds is 7. The lowest BCUT2D eigenvalue weighted by Crippen LogP contribution is -2.37. The molecule has 0 fully saturated rings. The lowest BCUT2D eigenvalue weighted by Gasteiger charge is -2.22. The molecule has 0 aliphatic rings. The summed E-state index contributed by atoms with van der Waals surface area (Å²) in [5.74, 6) is 0.364. The van der Waals surface area contributed by atoms with Crippen LogP contribution in [0.4, 0.5) is 0 Å². The van der Waals surface area contributed by atoms with E-state index in [1.807, 2.05) is 24.3 Å². The van der Waals surface area contributed by atoms with Gasteiger partial charge in [-0.05, 0) is 24.3 Å². The summed E-state index contributed by atoms with van der Waals surface area (Å²) in [6, 6.07) is 12.2. The molecule has 2 aromatic rings. The van der Waals surface area contributed by atoms with Crippen LogP contribution in [-0.2, 0) is 11.3 Å². The molecule has 2 amide bonds. The number of halogens is 2. The Morgan fingerprint density at radius 1 is 1.12 bits per heavy atom. The number of nitrogens with one attached hydrogen (secondary N) is 1. The molecule has 5 nitrogen and oxygen atoms in total. The Morgan fingerprint density at radius 3 is 2.50 bits per heavy atom. The highest BCUT2D eigenvalue weighted by atomic mass is 35.5. The standard InChI is InChI=1S/C19H20Cl2N2O3/c1-13(24)23(12-15-5-3-4-6-18(15)26-2)10-9-22-19(25)14-7-8-16(20)17(21)11-14/h3-8,11H,9-10,12H2,1-2H3,(H,22,25). The zero-order valence-electron chi connectivity index (χ0n) is 14.6. The summed E-state index contributed by atoms with van der Waals surface area (Å²) in [6.07, 6.45) is 0. The van der Waals surface area contributed by atoms with Crippen molar-refractivity contribution in [1.29, 1.82) is 0 Å². The van der Waals surface area contributed by atoms with E-state index in [0.717, 1.165) is 11.3 Å². The molecule has 2 aromatic carbocycles. The predicted molar refractivity (Wildman–Crippen MR) is 103 cm³/mol. The lowest BCUT2D eigenvalue weighted by molar-refractivity contribution is -0.129. The van der Waals surface area contributed by atoms with Crippen LogP contribution in [0.5, 0.6) is 5.75 Å². The molecule has 0 saturated carbocycles. The van der Waals surface area contributed by atoms with Crippen LogP contribution in [0.1, 0.15) is 22.8 Å². The van der Waals surface area contributed by atoms with Crippen LogP contribution in [0.25, 0.3) is 0 Å². The number of hydrogen-bond acceptors (Lipinski definition) is 3. The van der Waals surface area contributed by atoms with Crippen molar-refractivity contribution in [1.82, 2.24) is 10.2 Å². The molecule has 1 N–H and O–H groups in total. The highest BCUT2D eigenvalue weighted by Gasteiger charge is 2.13. The van der Waals surface area contributed by atoms with Gasteiger partial charge in [0, 0.05) is 37.7 Å². The van der Waals surface area contributed by atoms with Gasteiger partial charge in [-0.15, -0.1) is 0 Å². The molecule has 0 saturated heterocycles. The predicted octanol–water partition coefficient (Wildman–Crippen LogP) is 3.78. The van der Waals surface area contributed by atoms with Crippen LogP contribution in [-0.4, -0.2) is 36.9 Å². The summed E-state index contributed by atoms with van der Waals surface area (Å²) in [4.78, 5) is 25.7. The van der Waals surface area contributed by atoms with Gasteiger partial charge < -0.3 is 15.0 Å². The number of methoxy groups -OCH3 is 1. The van der Waals surface area contributed by atoms with Gasteiger partial charge in [-0.25, -0.2) is 0 Å².